The van der Waals surface area contributed by atoms with Gasteiger partial charge in [-0.05, 0) is 56.7 Å². The summed E-state index contributed by atoms with van der Waals surface area (Å²) in [5.74, 6) is 0.986. The molecule has 0 bridgehead atoms. The highest BCUT2D eigenvalue weighted by Crippen LogP contribution is 2.19. The van der Waals surface area contributed by atoms with E-state index >= 15 is 0 Å². The summed E-state index contributed by atoms with van der Waals surface area (Å²) in [7, 11) is 1.76. The van der Waals surface area contributed by atoms with Crippen molar-refractivity contribution in [3.05, 3.63) is 35.5 Å². The van der Waals surface area contributed by atoms with Crippen molar-refractivity contribution >= 4 is 22.8 Å². The molecule has 0 saturated carbocycles. The van der Waals surface area contributed by atoms with Crippen molar-refractivity contribution in [2.45, 2.75) is 52.0 Å². The topological polar surface area (TPSA) is 72.5 Å². The Kier molecular flexibility index (Phi) is 6.95. The van der Waals surface area contributed by atoms with Crippen LogP contribution in [0.25, 0.3) is 10.9 Å². The minimum Gasteiger partial charge on any atom is -0.361 e. The Bertz CT molecular complexity index is 825. The van der Waals surface area contributed by atoms with Gasteiger partial charge in [0.1, 0.15) is 0 Å². The first-order chi connectivity index (χ1) is 13.6. The van der Waals surface area contributed by atoms with E-state index < -0.39 is 0 Å². The Hall–Kier alpha value is -2.50. The number of amides is 1. The number of hydrogen-bond donors (Lipinski definition) is 3. The number of aromatic amines is 1. The minimum atomic E-state index is 0.240. The Labute approximate surface area is 167 Å². The molecular weight excluding hydrogens is 350 g/mol. The molecule has 2 heterocycles. The molecule has 0 aliphatic carbocycles. The van der Waals surface area contributed by atoms with Crippen LogP contribution in [-0.4, -0.2) is 54.5 Å². The van der Waals surface area contributed by atoms with Crippen molar-refractivity contribution in [1.82, 2.24) is 20.5 Å². The number of fused-ring (bicyclic) bond motifs is 1. The quantitative estimate of drug-likeness (QED) is 0.530. The molecule has 3 N–H and O–H groups in total. The van der Waals surface area contributed by atoms with Gasteiger partial charge >= 0.3 is 0 Å². The molecule has 1 saturated heterocycles. The molecule has 1 amide bonds. The third kappa shape index (κ3) is 5.06. The van der Waals surface area contributed by atoms with E-state index in [1.807, 2.05) is 4.90 Å². The summed E-state index contributed by atoms with van der Waals surface area (Å²) < 4.78 is 0. The molecule has 1 aromatic heterocycles. The van der Waals surface area contributed by atoms with Crippen LogP contribution in [0, 0.1) is 6.92 Å². The predicted molar refractivity (Wildman–Crippen MR) is 116 cm³/mol. The van der Waals surface area contributed by atoms with E-state index in [4.69, 9.17) is 0 Å². The van der Waals surface area contributed by atoms with Gasteiger partial charge in [0.2, 0.25) is 5.91 Å². The van der Waals surface area contributed by atoms with Crippen LogP contribution in [0.3, 0.4) is 0 Å². The van der Waals surface area contributed by atoms with Crippen molar-refractivity contribution in [1.29, 1.82) is 0 Å². The van der Waals surface area contributed by atoms with Crippen LogP contribution in [0.1, 0.15) is 43.7 Å². The number of rotatable bonds is 6. The van der Waals surface area contributed by atoms with Crippen molar-refractivity contribution < 1.29 is 4.79 Å². The lowest BCUT2D eigenvalue weighted by molar-refractivity contribution is -0.134. The highest BCUT2D eigenvalue weighted by atomic mass is 16.2. The second-order valence-corrected chi connectivity index (χ2v) is 7.72. The van der Waals surface area contributed by atoms with Crippen molar-refractivity contribution in [2.24, 2.45) is 4.99 Å². The van der Waals surface area contributed by atoms with E-state index in [2.05, 4.69) is 58.9 Å². The van der Waals surface area contributed by atoms with Crippen LogP contribution in [0.2, 0.25) is 0 Å². The Morgan fingerprint density at radius 3 is 2.89 bits per heavy atom. The lowest BCUT2D eigenvalue weighted by atomic mass is 10.0. The van der Waals surface area contributed by atoms with Gasteiger partial charge in [-0.1, -0.05) is 12.1 Å². The Morgan fingerprint density at radius 2 is 2.11 bits per heavy atom. The van der Waals surface area contributed by atoms with Gasteiger partial charge in [-0.25, -0.2) is 0 Å². The molecule has 2 aromatic rings. The lowest BCUT2D eigenvalue weighted by Gasteiger charge is -2.33. The van der Waals surface area contributed by atoms with Crippen LogP contribution in [0.5, 0.6) is 0 Å². The van der Waals surface area contributed by atoms with Gasteiger partial charge in [0.05, 0.1) is 0 Å². The summed E-state index contributed by atoms with van der Waals surface area (Å²) in [6.45, 7) is 6.55. The molecule has 1 aliphatic heterocycles. The van der Waals surface area contributed by atoms with E-state index in [9.17, 15) is 4.79 Å². The average Bonchev–Trinajstić information content (AvgIpc) is 3.09. The van der Waals surface area contributed by atoms with Crippen LogP contribution < -0.4 is 10.6 Å². The summed E-state index contributed by atoms with van der Waals surface area (Å²) in [6.07, 6.45) is 6.98. The molecule has 1 aromatic carbocycles. The molecule has 1 atom stereocenters. The standard InChI is InChI=1S/C22H33N5O/c1-16-7-8-19-18(15-26-20(19)14-16)9-11-24-22(23-3)25-12-10-21(28)27-13-5-4-6-17(27)2/h7-8,14-15,17,26H,4-6,9-13H2,1-3H3,(H2,23,24,25). The van der Waals surface area contributed by atoms with Gasteiger partial charge < -0.3 is 20.5 Å². The van der Waals surface area contributed by atoms with Gasteiger partial charge in [0, 0.05) is 56.2 Å². The molecular formula is C22H33N5O. The van der Waals surface area contributed by atoms with E-state index in [-0.39, 0.29) is 5.91 Å². The maximum absolute atomic E-state index is 12.4. The summed E-state index contributed by atoms with van der Waals surface area (Å²) in [5.41, 5.74) is 3.74. The Morgan fingerprint density at radius 1 is 1.29 bits per heavy atom. The van der Waals surface area contributed by atoms with Gasteiger partial charge in [0.15, 0.2) is 5.96 Å². The van der Waals surface area contributed by atoms with Crippen LogP contribution in [0.4, 0.5) is 0 Å². The number of aliphatic imine (C=N–C) groups is 1. The number of nitrogens with one attached hydrogen (secondary N) is 3. The summed E-state index contributed by atoms with van der Waals surface area (Å²) >= 11 is 0. The smallest absolute Gasteiger partial charge is 0.224 e. The number of nitrogens with zero attached hydrogens (tertiary/aromatic N) is 2. The zero-order valence-corrected chi connectivity index (χ0v) is 17.3. The number of aryl methyl sites for hydroxylation is 1. The first-order valence-corrected chi connectivity index (χ1v) is 10.4. The van der Waals surface area contributed by atoms with E-state index in [0.29, 0.717) is 19.0 Å². The van der Waals surface area contributed by atoms with Crippen molar-refractivity contribution in [2.75, 3.05) is 26.7 Å². The molecule has 28 heavy (non-hydrogen) atoms. The highest BCUT2D eigenvalue weighted by molar-refractivity contribution is 5.84. The number of piperidine rings is 1. The monoisotopic (exact) mass is 383 g/mol. The molecule has 3 rings (SSSR count). The van der Waals surface area contributed by atoms with E-state index in [1.54, 1.807) is 7.05 Å². The first-order valence-electron chi connectivity index (χ1n) is 10.4. The molecule has 0 radical (unpaired) electrons. The SMILES string of the molecule is CN=C(NCCC(=O)N1CCCCC1C)NCCc1c[nH]c2cc(C)ccc12. The fourth-order valence-electron chi connectivity index (χ4n) is 3.94. The minimum absolute atomic E-state index is 0.240. The van der Waals surface area contributed by atoms with Crippen molar-refractivity contribution in [3.8, 4) is 0 Å². The van der Waals surface area contributed by atoms with Gasteiger partial charge in [-0.2, -0.15) is 0 Å². The number of likely N-dealkylation sites (tertiary alicyclic amines) is 1. The highest BCUT2D eigenvalue weighted by Gasteiger charge is 2.22. The normalized spacial score (nSPS) is 17.8. The molecule has 1 aliphatic rings. The zero-order valence-electron chi connectivity index (χ0n) is 17.3. The fraction of sp³-hybridized carbons (Fsp3) is 0.545. The van der Waals surface area contributed by atoms with Crippen LogP contribution in [0.15, 0.2) is 29.4 Å². The molecule has 1 unspecified atom stereocenters. The van der Waals surface area contributed by atoms with Crippen LogP contribution >= 0.6 is 0 Å². The number of aromatic nitrogens is 1. The summed E-state index contributed by atoms with van der Waals surface area (Å²) in [4.78, 5) is 22.1. The third-order valence-electron chi connectivity index (χ3n) is 5.59. The fourth-order valence-corrected chi connectivity index (χ4v) is 3.94. The van der Waals surface area contributed by atoms with E-state index in [0.717, 1.165) is 38.3 Å². The summed E-state index contributed by atoms with van der Waals surface area (Å²) in [5, 5.41) is 7.88. The lowest BCUT2D eigenvalue weighted by Crippen LogP contribution is -2.44. The van der Waals surface area contributed by atoms with E-state index in [1.165, 1.54) is 28.5 Å². The number of hydrogen-bond acceptors (Lipinski definition) is 2. The molecule has 0 spiro atoms. The second kappa shape index (κ2) is 9.62. The molecule has 6 nitrogen and oxygen atoms in total. The van der Waals surface area contributed by atoms with Crippen molar-refractivity contribution in [3.63, 3.8) is 0 Å². The summed E-state index contributed by atoms with van der Waals surface area (Å²) in [6, 6.07) is 6.87. The zero-order chi connectivity index (χ0) is 19.9. The molecule has 6 heteroatoms. The van der Waals surface area contributed by atoms with Gasteiger partial charge in [0.25, 0.3) is 0 Å². The number of H-pyrrole nitrogens is 1. The van der Waals surface area contributed by atoms with Gasteiger partial charge in [-0.15, -0.1) is 0 Å². The number of carbonyl (C=O) groups is 1. The first kappa shape index (κ1) is 20.2. The number of carbonyl (C=O) groups excluding carboxylic acids is 1. The van der Waals surface area contributed by atoms with Crippen LogP contribution in [-0.2, 0) is 11.2 Å². The maximum Gasteiger partial charge on any atom is 0.224 e. The predicted octanol–water partition coefficient (Wildman–Crippen LogP) is 2.97. The third-order valence-corrected chi connectivity index (χ3v) is 5.59. The number of benzene rings is 1. The second-order valence-electron chi connectivity index (χ2n) is 7.72. The maximum atomic E-state index is 12.4. The largest absolute Gasteiger partial charge is 0.361 e. The molecule has 152 valence electrons. The molecule has 1 fully saturated rings. The number of guanidine groups is 1. The Balaban J connectivity index is 1.41. The average molecular weight is 384 g/mol. The van der Waals surface area contributed by atoms with Gasteiger partial charge in [-0.3, -0.25) is 9.79 Å².